The van der Waals surface area contributed by atoms with E-state index in [4.69, 9.17) is 5.73 Å². The Morgan fingerprint density at radius 1 is 1.43 bits per heavy atom. The van der Waals surface area contributed by atoms with Crippen molar-refractivity contribution in [1.82, 2.24) is 4.40 Å². The molecule has 2 N–H and O–H groups in total. The third-order valence-electron chi connectivity index (χ3n) is 2.58. The molecule has 14 heavy (non-hydrogen) atoms. The average Bonchev–Trinajstić information content (AvgIpc) is 2.43. The van der Waals surface area contributed by atoms with Gasteiger partial charge in [0, 0.05) is 23.5 Å². The second-order valence-electron chi connectivity index (χ2n) is 3.51. The minimum absolute atomic E-state index is 0.384. The number of hydrogen-bond donors (Lipinski definition) is 1. The lowest BCUT2D eigenvalue weighted by atomic mass is 10.2. The molecule has 0 aliphatic carbocycles. The number of rotatable bonds is 1. The smallest absolute Gasteiger partial charge is 0.248 e. The highest BCUT2D eigenvalue weighted by Crippen LogP contribution is 2.17. The molecular formula is C11H12N2O. The maximum absolute atomic E-state index is 11.0. The molecule has 0 radical (unpaired) electrons. The number of aryl methyl sites for hydroxylation is 2. The van der Waals surface area contributed by atoms with Gasteiger partial charge in [-0.3, -0.25) is 4.79 Å². The van der Waals surface area contributed by atoms with Crippen LogP contribution in [0, 0.1) is 13.8 Å². The molecule has 2 aromatic rings. The number of carbonyl (C=O) groups excluding carboxylic acids is 1. The highest BCUT2D eigenvalue weighted by atomic mass is 16.1. The molecule has 0 saturated heterocycles. The molecule has 0 saturated carbocycles. The van der Waals surface area contributed by atoms with Gasteiger partial charge in [0.1, 0.15) is 0 Å². The summed E-state index contributed by atoms with van der Waals surface area (Å²) in [5, 5.41) is 0. The van der Waals surface area contributed by atoms with Gasteiger partial charge in [0.2, 0.25) is 5.91 Å². The van der Waals surface area contributed by atoms with E-state index in [0.717, 1.165) is 5.52 Å². The summed E-state index contributed by atoms with van der Waals surface area (Å²) in [4.78, 5) is 11.0. The van der Waals surface area contributed by atoms with Crippen molar-refractivity contribution in [3.05, 3.63) is 41.2 Å². The fraction of sp³-hybridized carbons (Fsp3) is 0.182. The van der Waals surface area contributed by atoms with Crippen LogP contribution < -0.4 is 5.73 Å². The molecule has 0 atom stereocenters. The van der Waals surface area contributed by atoms with Gasteiger partial charge in [-0.2, -0.15) is 0 Å². The Kier molecular flexibility index (Phi) is 1.81. The lowest BCUT2D eigenvalue weighted by Crippen LogP contribution is -2.10. The van der Waals surface area contributed by atoms with Gasteiger partial charge in [-0.05, 0) is 37.1 Å². The third-order valence-corrected chi connectivity index (χ3v) is 2.58. The van der Waals surface area contributed by atoms with Crippen molar-refractivity contribution in [2.75, 3.05) is 0 Å². The Hall–Kier alpha value is -1.77. The van der Waals surface area contributed by atoms with Crippen LogP contribution in [-0.4, -0.2) is 10.3 Å². The van der Waals surface area contributed by atoms with Crippen LogP contribution in [0.3, 0.4) is 0 Å². The molecule has 0 aliphatic rings. The molecule has 3 heteroatoms. The Balaban J connectivity index is 2.76. The Bertz CT molecular complexity index is 511. The summed E-state index contributed by atoms with van der Waals surface area (Å²) < 4.78 is 2.00. The third kappa shape index (κ3) is 1.18. The van der Waals surface area contributed by atoms with Gasteiger partial charge in [-0.25, -0.2) is 0 Å². The first-order valence-electron chi connectivity index (χ1n) is 4.47. The first kappa shape index (κ1) is 8.81. The van der Waals surface area contributed by atoms with E-state index in [1.807, 2.05) is 36.7 Å². The standard InChI is InChI=1S/C11H12N2O/c1-7-6-13-4-3-9(11(12)14)5-10(13)8(7)2/h3-6H,1-2H3,(H2,12,14). The zero-order valence-corrected chi connectivity index (χ0v) is 8.24. The normalized spacial score (nSPS) is 10.7. The molecule has 0 spiro atoms. The lowest BCUT2D eigenvalue weighted by Gasteiger charge is -1.98. The van der Waals surface area contributed by atoms with Crippen LogP contribution in [0.4, 0.5) is 0 Å². The average molecular weight is 188 g/mol. The molecule has 2 rings (SSSR count). The van der Waals surface area contributed by atoms with Crippen molar-refractivity contribution in [1.29, 1.82) is 0 Å². The van der Waals surface area contributed by atoms with Gasteiger partial charge in [-0.15, -0.1) is 0 Å². The summed E-state index contributed by atoms with van der Waals surface area (Å²) in [5.74, 6) is -0.384. The van der Waals surface area contributed by atoms with Gasteiger partial charge in [-0.1, -0.05) is 0 Å². The largest absolute Gasteiger partial charge is 0.366 e. The minimum atomic E-state index is -0.384. The Morgan fingerprint density at radius 3 is 2.79 bits per heavy atom. The van der Waals surface area contributed by atoms with Crippen molar-refractivity contribution >= 4 is 11.4 Å². The molecule has 0 bridgehead atoms. The number of nitrogens with two attached hydrogens (primary N) is 1. The maximum Gasteiger partial charge on any atom is 0.248 e. The second kappa shape index (κ2) is 2.87. The fourth-order valence-corrected chi connectivity index (χ4v) is 1.59. The van der Waals surface area contributed by atoms with Gasteiger partial charge in [0.05, 0.1) is 0 Å². The van der Waals surface area contributed by atoms with E-state index in [-0.39, 0.29) is 5.91 Å². The molecule has 72 valence electrons. The van der Waals surface area contributed by atoms with E-state index in [0.29, 0.717) is 5.56 Å². The van der Waals surface area contributed by atoms with Crippen LogP contribution >= 0.6 is 0 Å². The van der Waals surface area contributed by atoms with Gasteiger partial charge < -0.3 is 10.1 Å². The predicted molar refractivity (Wildman–Crippen MR) is 55.4 cm³/mol. The number of hydrogen-bond acceptors (Lipinski definition) is 1. The van der Waals surface area contributed by atoms with Crippen molar-refractivity contribution in [3.8, 4) is 0 Å². The Morgan fingerprint density at radius 2 is 2.14 bits per heavy atom. The summed E-state index contributed by atoms with van der Waals surface area (Å²) in [6, 6.07) is 3.55. The number of fused-ring (bicyclic) bond motifs is 1. The maximum atomic E-state index is 11.0. The van der Waals surface area contributed by atoms with Crippen LogP contribution in [0.5, 0.6) is 0 Å². The summed E-state index contributed by atoms with van der Waals surface area (Å²) in [6.07, 6.45) is 3.89. The highest BCUT2D eigenvalue weighted by Gasteiger charge is 2.05. The molecule has 1 amide bonds. The van der Waals surface area contributed by atoms with Crippen LogP contribution in [0.25, 0.3) is 5.52 Å². The fourth-order valence-electron chi connectivity index (χ4n) is 1.59. The van der Waals surface area contributed by atoms with Crippen molar-refractivity contribution in [2.24, 2.45) is 5.73 Å². The molecule has 3 nitrogen and oxygen atoms in total. The van der Waals surface area contributed by atoms with E-state index >= 15 is 0 Å². The van der Waals surface area contributed by atoms with Crippen LogP contribution in [0.1, 0.15) is 21.5 Å². The summed E-state index contributed by atoms with van der Waals surface area (Å²) in [7, 11) is 0. The molecule has 2 aromatic heterocycles. The zero-order valence-electron chi connectivity index (χ0n) is 8.24. The molecular weight excluding hydrogens is 176 g/mol. The molecule has 0 unspecified atom stereocenters. The summed E-state index contributed by atoms with van der Waals surface area (Å²) in [5.41, 5.74) is 9.21. The molecule has 0 fully saturated rings. The zero-order chi connectivity index (χ0) is 10.3. The van der Waals surface area contributed by atoms with Gasteiger partial charge >= 0.3 is 0 Å². The topological polar surface area (TPSA) is 47.5 Å². The predicted octanol–water partition coefficient (Wildman–Crippen LogP) is 1.66. The monoisotopic (exact) mass is 188 g/mol. The van der Waals surface area contributed by atoms with E-state index in [9.17, 15) is 4.79 Å². The quantitative estimate of drug-likeness (QED) is 0.726. The first-order chi connectivity index (χ1) is 6.59. The van der Waals surface area contributed by atoms with Crippen LogP contribution in [-0.2, 0) is 0 Å². The van der Waals surface area contributed by atoms with E-state index in [1.54, 1.807) is 6.07 Å². The van der Waals surface area contributed by atoms with Gasteiger partial charge in [0.25, 0.3) is 0 Å². The summed E-state index contributed by atoms with van der Waals surface area (Å²) in [6.45, 7) is 4.09. The van der Waals surface area contributed by atoms with E-state index in [2.05, 4.69) is 0 Å². The molecule has 0 aromatic carbocycles. The first-order valence-corrected chi connectivity index (χ1v) is 4.47. The van der Waals surface area contributed by atoms with E-state index < -0.39 is 0 Å². The summed E-state index contributed by atoms with van der Waals surface area (Å²) >= 11 is 0. The Labute approximate surface area is 82.1 Å². The highest BCUT2D eigenvalue weighted by molar-refractivity contribution is 5.94. The number of carbonyl (C=O) groups is 1. The van der Waals surface area contributed by atoms with Crippen molar-refractivity contribution in [3.63, 3.8) is 0 Å². The number of nitrogens with zero attached hydrogens (tertiary/aromatic N) is 1. The van der Waals surface area contributed by atoms with E-state index in [1.165, 1.54) is 11.1 Å². The number of pyridine rings is 1. The van der Waals surface area contributed by atoms with Crippen LogP contribution in [0.2, 0.25) is 0 Å². The second-order valence-corrected chi connectivity index (χ2v) is 3.51. The lowest BCUT2D eigenvalue weighted by molar-refractivity contribution is 0.100. The SMILES string of the molecule is Cc1cn2ccc(C(N)=O)cc2c1C. The van der Waals surface area contributed by atoms with Crippen molar-refractivity contribution < 1.29 is 4.79 Å². The van der Waals surface area contributed by atoms with Crippen LogP contribution in [0.15, 0.2) is 24.5 Å². The molecule has 0 aliphatic heterocycles. The minimum Gasteiger partial charge on any atom is -0.366 e. The number of amides is 1. The molecule has 2 heterocycles. The number of primary amides is 1. The number of aromatic nitrogens is 1. The van der Waals surface area contributed by atoms with Gasteiger partial charge in [0.15, 0.2) is 0 Å². The van der Waals surface area contributed by atoms with Crippen molar-refractivity contribution in [2.45, 2.75) is 13.8 Å².